The van der Waals surface area contributed by atoms with Gasteiger partial charge in [-0.05, 0) is 43.7 Å². The van der Waals surface area contributed by atoms with E-state index in [9.17, 15) is 0 Å². The molecule has 4 heterocycles. The molecule has 1 aromatic carbocycles. The molecule has 10 heteroatoms. The van der Waals surface area contributed by atoms with E-state index in [0.29, 0.717) is 0 Å². The first kappa shape index (κ1) is 22.0. The Balaban J connectivity index is 0.00000128. The minimum absolute atomic E-state index is 0. The lowest BCUT2D eigenvalue weighted by molar-refractivity contribution is 0.585. The van der Waals surface area contributed by atoms with E-state index < -0.39 is 0 Å². The number of halogens is 2. The summed E-state index contributed by atoms with van der Waals surface area (Å²) in [6.45, 7) is 5.02. The van der Waals surface area contributed by atoms with Crippen molar-refractivity contribution >= 4 is 24.8 Å². The van der Waals surface area contributed by atoms with Crippen molar-refractivity contribution in [3.63, 3.8) is 0 Å². The zero-order valence-corrected chi connectivity index (χ0v) is 18.2. The summed E-state index contributed by atoms with van der Waals surface area (Å²) in [5.74, 6) is 0.897. The van der Waals surface area contributed by atoms with Crippen LogP contribution in [0.2, 0.25) is 0 Å². The number of aryl methyl sites for hydroxylation is 1. The molecule has 1 aliphatic heterocycles. The Morgan fingerprint density at radius 3 is 2.73 bits per heavy atom. The molecule has 0 fully saturated rings. The molecule has 0 saturated carbocycles. The topological polar surface area (TPSA) is 78.4 Å². The number of rotatable bonds is 4. The largest absolute Gasteiger partial charge is 0.322 e. The van der Waals surface area contributed by atoms with Gasteiger partial charge in [-0.1, -0.05) is 12.1 Å². The van der Waals surface area contributed by atoms with Gasteiger partial charge in [0.1, 0.15) is 18.3 Å². The monoisotopic (exact) mass is 446 g/mol. The zero-order valence-electron chi connectivity index (χ0n) is 16.5. The fourth-order valence-corrected chi connectivity index (χ4v) is 3.70. The van der Waals surface area contributed by atoms with Gasteiger partial charge in [0.2, 0.25) is 0 Å². The van der Waals surface area contributed by atoms with Gasteiger partial charge in [0.15, 0.2) is 5.82 Å². The average Bonchev–Trinajstić information content (AvgIpc) is 3.47. The summed E-state index contributed by atoms with van der Waals surface area (Å²) in [7, 11) is 0. The number of benzene rings is 1. The molecule has 8 nitrogen and oxygen atoms in total. The average molecular weight is 447 g/mol. The molecule has 1 N–H and O–H groups in total. The maximum Gasteiger partial charge on any atom is 0.161 e. The smallest absolute Gasteiger partial charge is 0.161 e. The van der Waals surface area contributed by atoms with Gasteiger partial charge in [-0.15, -0.1) is 24.8 Å². The summed E-state index contributed by atoms with van der Waals surface area (Å²) in [5.41, 5.74) is 4.33. The van der Waals surface area contributed by atoms with Crippen LogP contribution in [0.25, 0.3) is 17.2 Å². The SMILES string of the molecule is CC(c1ccc(-n2cncn2)cc1)n1ccnc1-c1cc2n(n1)CCCNC2.Cl.Cl. The van der Waals surface area contributed by atoms with Gasteiger partial charge >= 0.3 is 0 Å². The third-order valence-corrected chi connectivity index (χ3v) is 5.27. The summed E-state index contributed by atoms with van der Waals surface area (Å²) in [6, 6.07) is 10.7. The van der Waals surface area contributed by atoms with Crippen molar-refractivity contribution in [2.75, 3.05) is 6.54 Å². The van der Waals surface area contributed by atoms with Crippen LogP contribution < -0.4 is 5.32 Å². The lowest BCUT2D eigenvalue weighted by Gasteiger charge is -2.16. The van der Waals surface area contributed by atoms with E-state index in [1.807, 2.05) is 12.4 Å². The van der Waals surface area contributed by atoms with Crippen molar-refractivity contribution in [1.82, 2.24) is 39.4 Å². The summed E-state index contributed by atoms with van der Waals surface area (Å²) in [6.07, 6.45) is 8.20. The highest BCUT2D eigenvalue weighted by atomic mass is 35.5. The number of hydrogen-bond donors (Lipinski definition) is 1. The lowest BCUT2D eigenvalue weighted by Crippen LogP contribution is -2.11. The van der Waals surface area contributed by atoms with E-state index in [0.717, 1.165) is 43.3 Å². The Labute approximate surface area is 187 Å². The number of hydrogen-bond acceptors (Lipinski definition) is 5. The molecule has 30 heavy (non-hydrogen) atoms. The summed E-state index contributed by atoms with van der Waals surface area (Å²) in [5, 5.41) is 12.4. The molecule has 1 aliphatic rings. The summed E-state index contributed by atoms with van der Waals surface area (Å²) in [4.78, 5) is 8.60. The van der Waals surface area contributed by atoms with Crippen LogP contribution in [0.1, 0.15) is 30.6 Å². The van der Waals surface area contributed by atoms with Gasteiger partial charge < -0.3 is 9.88 Å². The third-order valence-electron chi connectivity index (χ3n) is 5.27. The number of aromatic nitrogens is 7. The van der Waals surface area contributed by atoms with Crippen LogP contribution >= 0.6 is 24.8 Å². The lowest BCUT2D eigenvalue weighted by atomic mass is 10.1. The molecule has 0 bridgehead atoms. The van der Waals surface area contributed by atoms with Crippen LogP contribution in [0.5, 0.6) is 0 Å². The van der Waals surface area contributed by atoms with Crippen LogP contribution in [0.3, 0.4) is 0 Å². The standard InChI is InChI=1S/C20H22N8.2ClH/c1-15(16-3-5-17(6-4-16)28-14-22-13-24-28)26-10-8-23-20(26)19-11-18-12-21-7-2-9-27(18)25-19;;/h3-6,8,10-11,13-15,21H,2,7,9,12H2,1H3;2*1H. The van der Waals surface area contributed by atoms with Gasteiger partial charge in [-0.3, -0.25) is 4.68 Å². The van der Waals surface area contributed by atoms with Crippen molar-refractivity contribution in [3.05, 3.63) is 66.6 Å². The Kier molecular flexibility index (Phi) is 6.91. The highest BCUT2D eigenvalue weighted by molar-refractivity contribution is 5.85. The van der Waals surface area contributed by atoms with Crippen molar-refractivity contribution < 1.29 is 0 Å². The third kappa shape index (κ3) is 4.12. The first-order valence-corrected chi connectivity index (χ1v) is 9.55. The van der Waals surface area contributed by atoms with E-state index in [1.54, 1.807) is 11.0 Å². The second-order valence-electron chi connectivity index (χ2n) is 7.04. The Hall–Kier alpha value is -2.68. The maximum absolute atomic E-state index is 4.81. The zero-order chi connectivity index (χ0) is 18.9. The van der Waals surface area contributed by atoms with Crippen LogP contribution in [-0.4, -0.2) is 40.6 Å². The van der Waals surface area contributed by atoms with E-state index in [4.69, 9.17) is 5.10 Å². The molecule has 0 aliphatic carbocycles. The highest BCUT2D eigenvalue weighted by Crippen LogP contribution is 2.26. The molecular weight excluding hydrogens is 423 g/mol. The van der Waals surface area contributed by atoms with Gasteiger partial charge in [-0.25, -0.2) is 14.6 Å². The molecule has 0 amide bonds. The predicted molar refractivity (Wildman–Crippen MR) is 119 cm³/mol. The van der Waals surface area contributed by atoms with E-state index in [2.05, 4.69) is 66.9 Å². The predicted octanol–water partition coefficient (Wildman–Crippen LogP) is 3.27. The van der Waals surface area contributed by atoms with Crippen molar-refractivity contribution in [3.8, 4) is 17.2 Å². The maximum atomic E-state index is 4.81. The second-order valence-corrected chi connectivity index (χ2v) is 7.04. The van der Waals surface area contributed by atoms with Crippen molar-refractivity contribution in [2.24, 2.45) is 0 Å². The van der Waals surface area contributed by atoms with E-state index >= 15 is 0 Å². The minimum atomic E-state index is 0. The second kappa shape index (κ2) is 9.42. The van der Waals surface area contributed by atoms with Crippen LogP contribution in [0, 0.1) is 0 Å². The molecule has 5 rings (SSSR count). The summed E-state index contributed by atoms with van der Waals surface area (Å²) < 4.78 is 6.04. The molecule has 1 unspecified atom stereocenters. The quantitative estimate of drug-likeness (QED) is 0.520. The Bertz CT molecular complexity index is 1050. The van der Waals surface area contributed by atoms with Gasteiger partial charge in [0.25, 0.3) is 0 Å². The normalized spacial score (nSPS) is 14.2. The Morgan fingerprint density at radius 2 is 1.97 bits per heavy atom. The van der Waals surface area contributed by atoms with Crippen molar-refractivity contribution in [2.45, 2.75) is 32.5 Å². The molecule has 3 aromatic heterocycles. The molecule has 0 saturated heterocycles. The first-order chi connectivity index (χ1) is 13.8. The fourth-order valence-electron chi connectivity index (χ4n) is 3.70. The number of nitrogens with zero attached hydrogens (tertiary/aromatic N) is 7. The van der Waals surface area contributed by atoms with E-state index in [1.165, 1.54) is 17.6 Å². The minimum Gasteiger partial charge on any atom is -0.322 e. The van der Waals surface area contributed by atoms with Crippen LogP contribution in [0.4, 0.5) is 0 Å². The summed E-state index contributed by atoms with van der Waals surface area (Å²) >= 11 is 0. The molecule has 158 valence electrons. The Morgan fingerprint density at radius 1 is 1.13 bits per heavy atom. The van der Waals surface area contributed by atoms with Crippen LogP contribution in [-0.2, 0) is 13.1 Å². The molecule has 0 spiro atoms. The fraction of sp³-hybridized carbons (Fsp3) is 0.300. The molecule has 0 radical (unpaired) electrons. The van der Waals surface area contributed by atoms with Gasteiger partial charge in [0.05, 0.1) is 17.4 Å². The van der Waals surface area contributed by atoms with Gasteiger partial charge in [0, 0.05) is 25.5 Å². The van der Waals surface area contributed by atoms with E-state index in [-0.39, 0.29) is 30.9 Å². The number of nitrogens with one attached hydrogen (secondary N) is 1. The molecular formula is C20H24Cl2N8. The number of imidazole rings is 1. The van der Waals surface area contributed by atoms with Crippen LogP contribution in [0.15, 0.2) is 55.4 Å². The first-order valence-electron chi connectivity index (χ1n) is 9.55. The molecule has 1 atom stereocenters. The number of fused-ring (bicyclic) bond motifs is 1. The molecule has 4 aromatic rings. The van der Waals surface area contributed by atoms with Crippen molar-refractivity contribution in [1.29, 1.82) is 0 Å². The van der Waals surface area contributed by atoms with Gasteiger partial charge in [-0.2, -0.15) is 10.2 Å². The highest BCUT2D eigenvalue weighted by Gasteiger charge is 2.18.